The van der Waals surface area contributed by atoms with Gasteiger partial charge in [-0.2, -0.15) is 0 Å². The summed E-state index contributed by atoms with van der Waals surface area (Å²) in [5.74, 6) is 0. The molecule has 2 aromatic rings. The van der Waals surface area contributed by atoms with E-state index in [1.165, 1.54) is 6.47 Å². The number of halogens is 1. The first-order chi connectivity index (χ1) is 6.79. The molecule has 14 heavy (non-hydrogen) atoms. The van der Waals surface area contributed by atoms with Gasteiger partial charge in [-0.05, 0) is 29.7 Å². The standard InChI is InChI=1S/C10H6ClO2S/c11-8-1-2-10-7(3-8)4-9(14-10)5-13-6-12/h1-4H,5H2. The number of thiophene rings is 1. The van der Waals surface area contributed by atoms with Crippen LogP contribution in [0.5, 0.6) is 0 Å². The number of benzene rings is 1. The molecule has 1 aromatic carbocycles. The van der Waals surface area contributed by atoms with E-state index < -0.39 is 0 Å². The van der Waals surface area contributed by atoms with Gasteiger partial charge >= 0.3 is 6.47 Å². The van der Waals surface area contributed by atoms with Crippen LogP contribution in [-0.2, 0) is 16.1 Å². The monoisotopic (exact) mass is 225 g/mol. The Kier molecular flexibility index (Phi) is 2.70. The molecule has 0 saturated carbocycles. The maximum atomic E-state index is 9.88. The molecule has 0 saturated heterocycles. The average Bonchev–Trinajstić information content (AvgIpc) is 2.56. The van der Waals surface area contributed by atoms with Crippen LogP contribution in [0.1, 0.15) is 4.88 Å². The van der Waals surface area contributed by atoms with Crippen molar-refractivity contribution in [3.63, 3.8) is 0 Å². The summed E-state index contributed by atoms with van der Waals surface area (Å²) < 4.78 is 5.69. The van der Waals surface area contributed by atoms with Crippen LogP contribution in [-0.4, -0.2) is 6.47 Å². The predicted octanol–water partition coefficient (Wildman–Crippen LogP) is 3.14. The Morgan fingerprint density at radius 2 is 2.29 bits per heavy atom. The fourth-order valence-electron chi connectivity index (χ4n) is 1.24. The Labute approximate surface area is 90.1 Å². The molecule has 0 aliphatic carbocycles. The second kappa shape index (κ2) is 3.98. The third kappa shape index (κ3) is 1.89. The summed E-state index contributed by atoms with van der Waals surface area (Å²) in [6.45, 7) is 1.68. The molecule has 0 atom stereocenters. The second-order valence-corrected chi connectivity index (χ2v) is 4.37. The highest BCUT2D eigenvalue weighted by atomic mass is 35.5. The van der Waals surface area contributed by atoms with Crippen molar-refractivity contribution >= 4 is 39.5 Å². The zero-order valence-corrected chi connectivity index (χ0v) is 8.69. The van der Waals surface area contributed by atoms with E-state index in [-0.39, 0.29) is 6.61 Å². The van der Waals surface area contributed by atoms with Gasteiger partial charge in [-0.3, -0.25) is 0 Å². The molecule has 1 radical (unpaired) electrons. The SMILES string of the molecule is O=[C]OCc1cc2cc(Cl)ccc2s1. The summed E-state index contributed by atoms with van der Waals surface area (Å²) in [7, 11) is 0. The van der Waals surface area contributed by atoms with Crippen molar-refractivity contribution in [1.29, 1.82) is 0 Å². The minimum Gasteiger partial charge on any atom is -0.452 e. The lowest BCUT2D eigenvalue weighted by molar-refractivity contribution is 0.270. The predicted molar refractivity (Wildman–Crippen MR) is 57.3 cm³/mol. The number of hydrogen-bond acceptors (Lipinski definition) is 3. The van der Waals surface area contributed by atoms with Gasteiger partial charge in [0.05, 0.1) is 0 Å². The molecule has 0 fully saturated rings. The lowest BCUT2D eigenvalue weighted by Gasteiger charge is -1.89. The summed E-state index contributed by atoms with van der Waals surface area (Å²) in [6, 6.07) is 7.65. The maximum absolute atomic E-state index is 9.88. The lowest BCUT2D eigenvalue weighted by Crippen LogP contribution is -1.84. The van der Waals surface area contributed by atoms with Gasteiger partial charge in [0.1, 0.15) is 6.61 Å². The van der Waals surface area contributed by atoms with E-state index in [1.807, 2.05) is 24.3 Å². The molecule has 0 aliphatic heterocycles. The Balaban J connectivity index is 2.36. The molecule has 0 bridgehead atoms. The largest absolute Gasteiger partial charge is 0.452 e. The second-order valence-electron chi connectivity index (χ2n) is 2.77. The fourth-order valence-corrected chi connectivity index (χ4v) is 2.38. The van der Waals surface area contributed by atoms with E-state index >= 15 is 0 Å². The lowest BCUT2D eigenvalue weighted by atomic mass is 10.2. The third-order valence-electron chi connectivity index (χ3n) is 1.80. The van der Waals surface area contributed by atoms with Crippen LogP contribution < -0.4 is 0 Å². The van der Waals surface area contributed by atoms with Crippen molar-refractivity contribution in [2.24, 2.45) is 0 Å². The van der Waals surface area contributed by atoms with Gasteiger partial charge in [0.25, 0.3) is 0 Å². The van der Waals surface area contributed by atoms with Gasteiger partial charge in [-0.25, -0.2) is 4.79 Å². The minimum atomic E-state index is 0.278. The van der Waals surface area contributed by atoms with Crippen LogP contribution in [0.15, 0.2) is 24.3 Å². The van der Waals surface area contributed by atoms with Crippen LogP contribution >= 0.6 is 22.9 Å². The van der Waals surface area contributed by atoms with Crippen molar-refractivity contribution in [1.82, 2.24) is 0 Å². The van der Waals surface area contributed by atoms with Crippen molar-refractivity contribution < 1.29 is 9.53 Å². The van der Waals surface area contributed by atoms with E-state index in [4.69, 9.17) is 11.6 Å². The summed E-state index contributed by atoms with van der Waals surface area (Å²) in [4.78, 5) is 10.9. The van der Waals surface area contributed by atoms with Gasteiger partial charge in [-0.15, -0.1) is 11.3 Å². The summed E-state index contributed by atoms with van der Waals surface area (Å²) in [6.07, 6.45) is 0. The zero-order valence-electron chi connectivity index (χ0n) is 7.12. The van der Waals surface area contributed by atoms with Crippen LogP contribution in [0, 0.1) is 0 Å². The Bertz CT molecular complexity index is 464. The quantitative estimate of drug-likeness (QED) is 0.802. The van der Waals surface area contributed by atoms with Gasteiger partial charge in [-0.1, -0.05) is 11.6 Å². The molecular formula is C10H6ClO2S. The molecule has 0 unspecified atom stereocenters. The molecule has 0 N–H and O–H groups in total. The number of rotatable bonds is 3. The first-order valence-electron chi connectivity index (χ1n) is 3.96. The maximum Gasteiger partial charge on any atom is 0.417 e. The molecule has 4 heteroatoms. The van der Waals surface area contributed by atoms with Crippen molar-refractivity contribution in [3.8, 4) is 0 Å². The molecular weight excluding hydrogens is 220 g/mol. The van der Waals surface area contributed by atoms with Crippen molar-refractivity contribution in [2.45, 2.75) is 6.61 Å². The van der Waals surface area contributed by atoms with Gasteiger partial charge in [0.15, 0.2) is 0 Å². The minimum absolute atomic E-state index is 0.278. The fraction of sp³-hybridized carbons (Fsp3) is 0.100. The summed E-state index contributed by atoms with van der Waals surface area (Å²) in [5.41, 5.74) is 0. The Morgan fingerprint density at radius 3 is 3.07 bits per heavy atom. The number of ether oxygens (including phenoxy) is 1. The van der Waals surface area contributed by atoms with Crippen LogP contribution in [0.25, 0.3) is 10.1 Å². The Hall–Kier alpha value is -1.06. The molecule has 1 aromatic heterocycles. The molecule has 2 nitrogen and oxygen atoms in total. The third-order valence-corrected chi connectivity index (χ3v) is 3.13. The van der Waals surface area contributed by atoms with Gasteiger partial charge in [0, 0.05) is 14.6 Å². The Morgan fingerprint density at radius 1 is 1.43 bits per heavy atom. The smallest absolute Gasteiger partial charge is 0.417 e. The summed E-state index contributed by atoms with van der Waals surface area (Å²) in [5, 5.41) is 1.79. The van der Waals surface area contributed by atoms with E-state index in [9.17, 15) is 4.79 Å². The number of hydrogen-bond donors (Lipinski definition) is 0. The average molecular weight is 226 g/mol. The van der Waals surface area contributed by atoms with E-state index in [0.29, 0.717) is 5.02 Å². The first kappa shape index (κ1) is 9.49. The zero-order chi connectivity index (χ0) is 9.97. The number of carbonyl (C=O) groups excluding carboxylic acids is 1. The molecule has 1 heterocycles. The topological polar surface area (TPSA) is 26.3 Å². The normalized spacial score (nSPS) is 10.4. The highest BCUT2D eigenvalue weighted by molar-refractivity contribution is 7.19. The van der Waals surface area contributed by atoms with Crippen molar-refractivity contribution in [2.75, 3.05) is 0 Å². The van der Waals surface area contributed by atoms with Crippen LogP contribution in [0.3, 0.4) is 0 Å². The molecule has 71 valence electrons. The van der Waals surface area contributed by atoms with E-state index in [1.54, 1.807) is 11.3 Å². The molecule has 0 spiro atoms. The van der Waals surface area contributed by atoms with Crippen LogP contribution in [0.4, 0.5) is 0 Å². The summed E-state index contributed by atoms with van der Waals surface area (Å²) >= 11 is 7.43. The van der Waals surface area contributed by atoms with E-state index in [2.05, 4.69) is 4.74 Å². The molecule has 0 amide bonds. The van der Waals surface area contributed by atoms with Crippen LogP contribution in [0.2, 0.25) is 5.02 Å². The highest BCUT2D eigenvalue weighted by Crippen LogP contribution is 2.28. The van der Waals surface area contributed by atoms with Gasteiger partial charge < -0.3 is 4.74 Å². The number of fused-ring (bicyclic) bond motifs is 1. The molecule has 0 aliphatic rings. The molecule has 2 rings (SSSR count). The van der Waals surface area contributed by atoms with E-state index in [0.717, 1.165) is 15.0 Å². The van der Waals surface area contributed by atoms with Crippen molar-refractivity contribution in [3.05, 3.63) is 34.2 Å². The first-order valence-corrected chi connectivity index (χ1v) is 5.16. The highest BCUT2D eigenvalue weighted by Gasteiger charge is 2.02. The van der Waals surface area contributed by atoms with Gasteiger partial charge in [0.2, 0.25) is 0 Å².